The van der Waals surface area contributed by atoms with Crippen molar-refractivity contribution in [3.8, 4) is 0 Å². The third kappa shape index (κ3) is 5.45. The first-order chi connectivity index (χ1) is 13.1. The molecule has 1 atom stereocenters. The summed E-state index contributed by atoms with van der Waals surface area (Å²) >= 11 is 0. The predicted molar refractivity (Wildman–Crippen MR) is 100.0 cm³/mol. The topological polar surface area (TPSA) is 41.6 Å². The zero-order chi connectivity index (χ0) is 19.1. The molecule has 0 aromatic heterocycles. The van der Waals surface area contributed by atoms with E-state index in [9.17, 15) is 13.6 Å². The van der Waals surface area contributed by atoms with Gasteiger partial charge in [0.2, 0.25) is 5.91 Å². The van der Waals surface area contributed by atoms with Crippen molar-refractivity contribution in [3.05, 3.63) is 77.4 Å². The predicted octanol–water partition coefficient (Wildman–Crippen LogP) is 3.17. The summed E-state index contributed by atoms with van der Waals surface area (Å²) in [5.74, 6) is -0.978. The number of hydrogen-bond acceptors (Lipinski definition) is 3. The van der Waals surface area contributed by atoms with Gasteiger partial charge >= 0.3 is 0 Å². The van der Waals surface area contributed by atoms with Crippen molar-refractivity contribution in [1.82, 2.24) is 10.2 Å². The highest BCUT2D eigenvalue weighted by Gasteiger charge is 2.23. The van der Waals surface area contributed by atoms with Crippen molar-refractivity contribution in [2.75, 3.05) is 32.8 Å². The average Bonchev–Trinajstić information content (AvgIpc) is 2.69. The van der Waals surface area contributed by atoms with Gasteiger partial charge in [0.05, 0.1) is 19.3 Å². The van der Waals surface area contributed by atoms with Gasteiger partial charge in [0, 0.05) is 31.3 Å². The quantitative estimate of drug-likeness (QED) is 0.792. The standard InChI is InChI=1S/C21H22F2N2O2/c22-18-8-5-17(6-9-18)20(25-11-13-27-14-12-25)15-24-21(26)10-7-16-3-1-2-4-19(16)23/h1-10,20H,11-15H2,(H,24,26)/b10-7+. The number of hydrogen-bond donors (Lipinski definition) is 1. The molecule has 3 rings (SSSR count). The van der Waals surface area contributed by atoms with Crippen LogP contribution < -0.4 is 5.32 Å². The lowest BCUT2D eigenvalue weighted by Crippen LogP contribution is -2.43. The van der Waals surface area contributed by atoms with E-state index < -0.39 is 0 Å². The van der Waals surface area contributed by atoms with Gasteiger partial charge in [0.15, 0.2) is 0 Å². The van der Waals surface area contributed by atoms with Crippen molar-refractivity contribution in [2.45, 2.75) is 6.04 Å². The van der Waals surface area contributed by atoms with E-state index in [0.29, 0.717) is 25.3 Å². The summed E-state index contributed by atoms with van der Waals surface area (Å²) in [5, 5.41) is 2.86. The highest BCUT2D eigenvalue weighted by molar-refractivity contribution is 5.91. The smallest absolute Gasteiger partial charge is 0.244 e. The number of benzene rings is 2. The zero-order valence-corrected chi connectivity index (χ0v) is 14.9. The molecule has 27 heavy (non-hydrogen) atoms. The van der Waals surface area contributed by atoms with Crippen molar-refractivity contribution < 1.29 is 18.3 Å². The molecule has 0 saturated carbocycles. The Morgan fingerprint density at radius 1 is 1.11 bits per heavy atom. The van der Waals surface area contributed by atoms with Crippen LogP contribution in [0.4, 0.5) is 8.78 Å². The molecular weight excluding hydrogens is 350 g/mol. The number of carbonyl (C=O) groups is 1. The SMILES string of the molecule is O=C(/C=C/c1ccccc1F)NCC(c1ccc(F)cc1)N1CCOCC1. The number of halogens is 2. The number of morpholine rings is 1. The lowest BCUT2D eigenvalue weighted by molar-refractivity contribution is -0.116. The van der Waals surface area contributed by atoms with Gasteiger partial charge in [-0.25, -0.2) is 8.78 Å². The summed E-state index contributed by atoms with van der Waals surface area (Å²) in [5.41, 5.74) is 1.28. The maximum Gasteiger partial charge on any atom is 0.244 e. The molecule has 1 unspecified atom stereocenters. The van der Waals surface area contributed by atoms with Crippen LogP contribution in [0.1, 0.15) is 17.2 Å². The summed E-state index contributed by atoms with van der Waals surface area (Å²) < 4.78 is 32.3. The fourth-order valence-electron chi connectivity index (χ4n) is 3.06. The van der Waals surface area contributed by atoms with E-state index in [1.54, 1.807) is 30.3 Å². The number of carbonyl (C=O) groups excluding carboxylic acids is 1. The monoisotopic (exact) mass is 372 g/mol. The molecule has 1 aliphatic rings. The van der Waals surface area contributed by atoms with Crippen LogP contribution in [-0.2, 0) is 9.53 Å². The van der Waals surface area contributed by atoms with Crippen LogP contribution in [0.25, 0.3) is 6.08 Å². The summed E-state index contributed by atoms with van der Waals surface area (Å²) in [4.78, 5) is 14.4. The maximum absolute atomic E-state index is 13.6. The molecule has 0 bridgehead atoms. The van der Waals surface area contributed by atoms with Gasteiger partial charge < -0.3 is 10.1 Å². The second kappa shape index (κ2) is 9.39. The molecule has 2 aromatic carbocycles. The number of amides is 1. The first-order valence-corrected chi connectivity index (χ1v) is 8.91. The van der Waals surface area contributed by atoms with Gasteiger partial charge in [0.1, 0.15) is 11.6 Å². The third-order valence-electron chi connectivity index (χ3n) is 4.53. The molecule has 1 saturated heterocycles. The van der Waals surface area contributed by atoms with Gasteiger partial charge in [0.25, 0.3) is 0 Å². The largest absolute Gasteiger partial charge is 0.379 e. The molecule has 1 aliphatic heterocycles. The Balaban J connectivity index is 1.65. The zero-order valence-electron chi connectivity index (χ0n) is 14.9. The molecule has 1 amide bonds. The van der Waals surface area contributed by atoms with Gasteiger partial charge in [-0.15, -0.1) is 0 Å². The normalized spacial score (nSPS) is 16.4. The van der Waals surface area contributed by atoms with Crippen LogP contribution >= 0.6 is 0 Å². The number of rotatable bonds is 6. The minimum atomic E-state index is -0.376. The van der Waals surface area contributed by atoms with Crippen LogP contribution in [0.2, 0.25) is 0 Å². The molecule has 6 heteroatoms. The van der Waals surface area contributed by atoms with Crippen LogP contribution in [0.3, 0.4) is 0 Å². The molecular formula is C21H22F2N2O2. The molecule has 0 aliphatic carbocycles. The van der Waals surface area contributed by atoms with Gasteiger partial charge in [-0.1, -0.05) is 30.3 Å². The second-order valence-corrected chi connectivity index (χ2v) is 6.32. The Kier molecular flexibility index (Phi) is 6.68. The third-order valence-corrected chi connectivity index (χ3v) is 4.53. The molecule has 1 heterocycles. The van der Waals surface area contributed by atoms with E-state index in [0.717, 1.165) is 18.7 Å². The summed E-state index contributed by atoms with van der Waals surface area (Å²) in [6, 6.07) is 12.5. The van der Waals surface area contributed by atoms with Crippen molar-refractivity contribution >= 4 is 12.0 Å². The summed E-state index contributed by atoms with van der Waals surface area (Å²) in [6.45, 7) is 3.09. The summed E-state index contributed by atoms with van der Waals surface area (Å²) in [7, 11) is 0. The molecule has 2 aromatic rings. The van der Waals surface area contributed by atoms with Crippen LogP contribution in [-0.4, -0.2) is 43.7 Å². The molecule has 1 fully saturated rings. The lowest BCUT2D eigenvalue weighted by Gasteiger charge is -2.34. The van der Waals surface area contributed by atoms with E-state index in [1.165, 1.54) is 30.4 Å². The van der Waals surface area contributed by atoms with Crippen molar-refractivity contribution in [2.24, 2.45) is 0 Å². The van der Waals surface area contributed by atoms with Crippen LogP contribution in [0.5, 0.6) is 0 Å². The number of nitrogens with one attached hydrogen (secondary N) is 1. The summed E-state index contributed by atoms with van der Waals surface area (Å²) in [6.07, 6.45) is 2.77. The minimum absolute atomic E-state index is 0.0830. The fourth-order valence-corrected chi connectivity index (χ4v) is 3.06. The molecule has 1 N–H and O–H groups in total. The number of ether oxygens (including phenoxy) is 1. The highest BCUT2D eigenvalue weighted by Crippen LogP contribution is 2.21. The lowest BCUT2D eigenvalue weighted by atomic mass is 10.0. The molecule has 0 radical (unpaired) electrons. The average molecular weight is 372 g/mol. The Morgan fingerprint density at radius 2 is 1.81 bits per heavy atom. The Hall–Kier alpha value is -2.57. The van der Waals surface area contributed by atoms with E-state index in [4.69, 9.17) is 4.74 Å². The van der Waals surface area contributed by atoms with E-state index in [-0.39, 0.29) is 23.6 Å². The van der Waals surface area contributed by atoms with Crippen molar-refractivity contribution in [3.63, 3.8) is 0 Å². The maximum atomic E-state index is 13.6. The second-order valence-electron chi connectivity index (χ2n) is 6.32. The highest BCUT2D eigenvalue weighted by atomic mass is 19.1. The van der Waals surface area contributed by atoms with Crippen LogP contribution in [0.15, 0.2) is 54.6 Å². The first kappa shape index (κ1) is 19.2. The minimum Gasteiger partial charge on any atom is -0.379 e. The molecule has 0 spiro atoms. The van der Waals surface area contributed by atoms with Crippen molar-refractivity contribution in [1.29, 1.82) is 0 Å². The van der Waals surface area contributed by atoms with E-state index in [1.807, 2.05) is 0 Å². The Labute approximate surface area is 157 Å². The van der Waals surface area contributed by atoms with Gasteiger partial charge in [-0.05, 0) is 29.8 Å². The fraction of sp³-hybridized carbons (Fsp3) is 0.286. The molecule has 4 nitrogen and oxygen atoms in total. The molecule has 142 valence electrons. The van der Waals surface area contributed by atoms with E-state index in [2.05, 4.69) is 10.2 Å². The first-order valence-electron chi connectivity index (χ1n) is 8.91. The Bertz CT molecular complexity index is 787. The number of nitrogens with zero attached hydrogens (tertiary/aromatic N) is 1. The van der Waals surface area contributed by atoms with Gasteiger partial charge in [-0.3, -0.25) is 9.69 Å². The van der Waals surface area contributed by atoms with Gasteiger partial charge in [-0.2, -0.15) is 0 Å². The van der Waals surface area contributed by atoms with E-state index >= 15 is 0 Å². The Morgan fingerprint density at radius 3 is 2.52 bits per heavy atom. The van der Waals surface area contributed by atoms with Crippen LogP contribution in [0, 0.1) is 11.6 Å².